The summed E-state index contributed by atoms with van der Waals surface area (Å²) in [6.07, 6.45) is 3.14. The van der Waals surface area contributed by atoms with Crippen molar-refractivity contribution in [2.75, 3.05) is 19.6 Å². The molecule has 0 bridgehead atoms. The highest BCUT2D eigenvalue weighted by molar-refractivity contribution is 5.32. The normalized spacial score (nSPS) is 19.0. The van der Waals surface area contributed by atoms with Gasteiger partial charge in [-0.25, -0.2) is 0 Å². The average molecular weight is 244 g/mol. The number of hydrogen-bond donors (Lipinski definition) is 1. The van der Waals surface area contributed by atoms with Crippen molar-refractivity contribution in [3.8, 4) is 0 Å². The highest BCUT2D eigenvalue weighted by atomic mass is 15.2. The van der Waals surface area contributed by atoms with E-state index in [1.54, 1.807) is 0 Å². The Bertz CT molecular complexity index is 398. The van der Waals surface area contributed by atoms with Crippen molar-refractivity contribution in [3.05, 3.63) is 48.0 Å². The molecule has 1 unspecified atom stereocenters. The van der Waals surface area contributed by atoms with Gasteiger partial charge < -0.3 is 5.32 Å². The summed E-state index contributed by atoms with van der Waals surface area (Å²) < 4.78 is 0. The van der Waals surface area contributed by atoms with Crippen LogP contribution in [0.5, 0.6) is 0 Å². The van der Waals surface area contributed by atoms with E-state index in [1.165, 1.54) is 11.1 Å². The molecular weight excluding hydrogens is 220 g/mol. The Hall–Kier alpha value is -1.12. The second-order valence-electron chi connectivity index (χ2n) is 5.29. The van der Waals surface area contributed by atoms with Gasteiger partial charge in [0.2, 0.25) is 0 Å². The molecule has 2 nitrogen and oxygen atoms in total. The van der Waals surface area contributed by atoms with Crippen molar-refractivity contribution in [3.63, 3.8) is 0 Å². The Kier molecular flexibility index (Phi) is 4.56. The highest BCUT2D eigenvalue weighted by Gasteiger charge is 2.22. The zero-order valence-corrected chi connectivity index (χ0v) is 11.5. The summed E-state index contributed by atoms with van der Waals surface area (Å²) in [5.74, 6) is 0. The molecule has 0 saturated carbocycles. The molecule has 1 N–H and O–H groups in total. The first kappa shape index (κ1) is 13.3. The molecule has 0 aliphatic carbocycles. The van der Waals surface area contributed by atoms with Gasteiger partial charge in [-0.05, 0) is 37.9 Å². The molecule has 1 atom stereocenters. The summed E-state index contributed by atoms with van der Waals surface area (Å²) in [6.45, 7) is 11.5. The highest BCUT2D eigenvalue weighted by Crippen LogP contribution is 2.23. The second-order valence-corrected chi connectivity index (χ2v) is 5.29. The monoisotopic (exact) mass is 244 g/mol. The molecule has 0 aromatic heterocycles. The van der Waals surface area contributed by atoms with E-state index in [0.29, 0.717) is 12.1 Å². The summed E-state index contributed by atoms with van der Waals surface area (Å²) in [6, 6.07) is 9.82. The molecule has 2 rings (SSSR count). The van der Waals surface area contributed by atoms with E-state index in [9.17, 15) is 0 Å². The molecule has 18 heavy (non-hydrogen) atoms. The summed E-state index contributed by atoms with van der Waals surface area (Å²) in [5, 5.41) is 3.64. The minimum absolute atomic E-state index is 0.456. The summed E-state index contributed by atoms with van der Waals surface area (Å²) >= 11 is 0. The number of nitrogens with zero attached hydrogens (tertiary/aromatic N) is 1. The Balaban J connectivity index is 2.12. The lowest BCUT2D eigenvalue weighted by molar-refractivity contribution is 0.215. The SMILES string of the molecule is C=CCN(CC1NCCc2ccccc21)C(C)C. The van der Waals surface area contributed by atoms with E-state index >= 15 is 0 Å². The first-order chi connectivity index (χ1) is 8.72. The molecule has 0 radical (unpaired) electrons. The Labute approximate surface area is 111 Å². The molecular formula is C16H24N2. The van der Waals surface area contributed by atoms with Gasteiger partial charge in [0, 0.05) is 25.2 Å². The molecule has 1 aromatic rings. The largest absolute Gasteiger partial charge is 0.309 e. The Morgan fingerprint density at radius 2 is 2.22 bits per heavy atom. The lowest BCUT2D eigenvalue weighted by Gasteiger charge is -2.33. The molecule has 2 heteroatoms. The smallest absolute Gasteiger partial charge is 0.0452 e. The molecule has 0 spiro atoms. The van der Waals surface area contributed by atoms with Gasteiger partial charge in [0.1, 0.15) is 0 Å². The first-order valence-electron chi connectivity index (χ1n) is 6.88. The standard InChI is InChI=1S/C16H24N2/c1-4-11-18(13(2)3)12-16-15-8-6-5-7-14(15)9-10-17-16/h4-8,13,16-17H,1,9-12H2,2-3H3. The van der Waals surface area contributed by atoms with Gasteiger partial charge in [-0.15, -0.1) is 6.58 Å². The van der Waals surface area contributed by atoms with E-state index in [-0.39, 0.29) is 0 Å². The Morgan fingerprint density at radius 3 is 2.94 bits per heavy atom. The zero-order valence-electron chi connectivity index (χ0n) is 11.5. The minimum atomic E-state index is 0.456. The topological polar surface area (TPSA) is 15.3 Å². The molecule has 98 valence electrons. The number of rotatable bonds is 5. The first-order valence-corrected chi connectivity index (χ1v) is 6.88. The molecule has 1 aliphatic rings. The molecule has 1 aliphatic heterocycles. The van der Waals surface area contributed by atoms with Gasteiger partial charge in [0.15, 0.2) is 0 Å². The molecule has 0 fully saturated rings. The average Bonchev–Trinajstić information content (AvgIpc) is 2.38. The van der Waals surface area contributed by atoms with Crippen LogP contribution in [0.3, 0.4) is 0 Å². The predicted octanol–water partition coefficient (Wildman–Crippen LogP) is 2.77. The maximum absolute atomic E-state index is 3.86. The van der Waals surface area contributed by atoms with Crippen molar-refractivity contribution in [1.29, 1.82) is 0 Å². The maximum Gasteiger partial charge on any atom is 0.0452 e. The van der Waals surface area contributed by atoms with Crippen LogP contribution in [0.25, 0.3) is 0 Å². The third-order valence-electron chi connectivity index (χ3n) is 3.73. The van der Waals surface area contributed by atoms with Crippen molar-refractivity contribution in [2.45, 2.75) is 32.4 Å². The Morgan fingerprint density at radius 1 is 1.44 bits per heavy atom. The van der Waals surface area contributed by atoms with Crippen molar-refractivity contribution >= 4 is 0 Å². The number of nitrogens with one attached hydrogen (secondary N) is 1. The van der Waals surface area contributed by atoms with Crippen LogP contribution >= 0.6 is 0 Å². The fraction of sp³-hybridized carbons (Fsp3) is 0.500. The third-order valence-corrected chi connectivity index (χ3v) is 3.73. The lowest BCUT2D eigenvalue weighted by atomic mass is 9.94. The molecule has 0 saturated heterocycles. The number of fused-ring (bicyclic) bond motifs is 1. The lowest BCUT2D eigenvalue weighted by Crippen LogP contribution is -2.41. The van der Waals surface area contributed by atoms with Gasteiger partial charge in [0.05, 0.1) is 0 Å². The zero-order chi connectivity index (χ0) is 13.0. The van der Waals surface area contributed by atoms with E-state index in [2.05, 4.69) is 54.9 Å². The van der Waals surface area contributed by atoms with Crippen LogP contribution in [-0.4, -0.2) is 30.6 Å². The van der Waals surface area contributed by atoms with Crippen LogP contribution in [0.1, 0.15) is 31.0 Å². The molecule has 0 amide bonds. The van der Waals surface area contributed by atoms with Crippen LogP contribution in [-0.2, 0) is 6.42 Å². The van der Waals surface area contributed by atoms with Crippen LogP contribution in [0.2, 0.25) is 0 Å². The quantitative estimate of drug-likeness (QED) is 0.801. The number of hydrogen-bond acceptors (Lipinski definition) is 2. The van der Waals surface area contributed by atoms with Crippen molar-refractivity contribution in [2.24, 2.45) is 0 Å². The van der Waals surface area contributed by atoms with Gasteiger partial charge >= 0.3 is 0 Å². The van der Waals surface area contributed by atoms with Crippen LogP contribution in [0, 0.1) is 0 Å². The molecule has 1 heterocycles. The minimum Gasteiger partial charge on any atom is -0.309 e. The van der Waals surface area contributed by atoms with Crippen molar-refractivity contribution < 1.29 is 0 Å². The van der Waals surface area contributed by atoms with E-state index in [4.69, 9.17) is 0 Å². The van der Waals surface area contributed by atoms with Gasteiger partial charge in [0.25, 0.3) is 0 Å². The fourth-order valence-corrected chi connectivity index (χ4v) is 2.65. The summed E-state index contributed by atoms with van der Waals surface area (Å²) in [5.41, 5.74) is 2.97. The van der Waals surface area contributed by atoms with Gasteiger partial charge in [-0.2, -0.15) is 0 Å². The van der Waals surface area contributed by atoms with E-state index in [1.807, 2.05) is 6.08 Å². The van der Waals surface area contributed by atoms with E-state index < -0.39 is 0 Å². The number of benzene rings is 1. The fourth-order valence-electron chi connectivity index (χ4n) is 2.65. The maximum atomic E-state index is 3.86. The molecule has 1 aromatic carbocycles. The van der Waals surface area contributed by atoms with Crippen LogP contribution in [0.15, 0.2) is 36.9 Å². The van der Waals surface area contributed by atoms with Crippen LogP contribution in [0.4, 0.5) is 0 Å². The van der Waals surface area contributed by atoms with Crippen molar-refractivity contribution in [1.82, 2.24) is 10.2 Å². The van der Waals surface area contributed by atoms with Crippen LogP contribution < -0.4 is 5.32 Å². The predicted molar refractivity (Wildman–Crippen MR) is 77.8 cm³/mol. The van der Waals surface area contributed by atoms with Gasteiger partial charge in [-0.1, -0.05) is 30.3 Å². The van der Waals surface area contributed by atoms with E-state index in [0.717, 1.165) is 26.1 Å². The van der Waals surface area contributed by atoms with Gasteiger partial charge in [-0.3, -0.25) is 4.90 Å². The second kappa shape index (κ2) is 6.17. The summed E-state index contributed by atoms with van der Waals surface area (Å²) in [7, 11) is 0. The summed E-state index contributed by atoms with van der Waals surface area (Å²) in [4.78, 5) is 2.47. The third kappa shape index (κ3) is 3.01.